The highest BCUT2D eigenvalue weighted by Crippen LogP contribution is 2.36. The zero-order valence-electron chi connectivity index (χ0n) is 14.3. The molecule has 0 saturated heterocycles. The van der Waals surface area contributed by atoms with Crippen molar-refractivity contribution in [3.63, 3.8) is 0 Å². The number of nitrogens with two attached hydrogens (primary N) is 1. The maximum absolute atomic E-state index is 6.23. The largest absolute Gasteiger partial charge is 0.497 e. The van der Waals surface area contributed by atoms with Gasteiger partial charge in [0.05, 0.1) is 7.11 Å². The fourth-order valence-electron chi connectivity index (χ4n) is 2.99. The summed E-state index contributed by atoms with van der Waals surface area (Å²) in [5, 5.41) is 0. The lowest BCUT2D eigenvalue weighted by Gasteiger charge is -2.16. The monoisotopic (exact) mass is 318 g/mol. The lowest BCUT2D eigenvalue weighted by Crippen LogP contribution is -2.01. The van der Waals surface area contributed by atoms with Crippen molar-refractivity contribution in [2.24, 2.45) is 0 Å². The van der Waals surface area contributed by atoms with E-state index in [0.717, 1.165) is 34.4 Å². The van der Waals surface area contributed by atoms with Crippen LogP contribution in [0.25, 0.3) is 22.3 Å². The molecule has 0 fully saturated rings. The first-order chi connectivity index (χ1) is 11.6. The Bertz CT molecular complexity index is 837. The summed E-state index contributed by atoms with van der Waals surface area (Å²) in [4.78, 5) is 4.45. The number of methoxy groups -OCH3 is 1. The lowest BCUT2D eigenvalue weighted by atomic mass is 9.91. The van der Waals surface area contributed by atoms with E-state index in [4.69, 9.17) is 10.5 Å². The molecule has 3 heteroatoms. The molecule has 0 amide bonds. The quantitative estimate of drug-likeness (QED) is 0.746. The molecule has 0 spiro atoms. The Morgan fingerprint density at radius 2 is 1.58 bits per heavy atom. The Balaban J connectivity index is 2.17. The summed E-state index contributed by atoms with van der Waals surface area (Å²) >= 11 is 0. The summed E-state index contributed by atoms with van der Waals surface area (Å²) < 4.78 is 5.25. The van der Waals surface area contributed by atoms with Crippen LogP contribution in [0, 0.1) is 6.92 Å². The number of aryl methyl sites for hydroxylation is 1. The fourth-order valence-corrected chi connectivity index (χ4v) is 2.99. The summed E-state index contributed by atoms with van der Waals surface area (Å²) in [5.41, 5.74) is 13.1. The van der Waals surface area contributed by atoms with Gasteiger partial charge >= 0.3 is 0 Å². The van der Waals surface area contributed by atoms with Gasteiger partial charge in [-0.25, -0.2) is 4.98 Å². The predicted octanol–water partition coefficient (Wildman–Crippen LogP) is 4.88. The van der Waals surface area contributed by atoms with Crippen molar-refractivity contribution in [1.82, 2.24) is 4.98 Å². The van der Waals surface area contributed by atoms with Gasteiger partial charge in [0, 0.05) is 17.3 Å². The van der Waals surface area contributed by atoms with Crippen LogP contribution in [-0.2, 0) is 6.42 Å². The van der Waals surface area contributed by atoms with Gasteiger partial charge in [0.25, 0.3) is 0 Å². The summed E-state index contributed by atoms with van der Waals surface area (Å²) in [7, 11) is 1.67. The van der Waals surface area contributed by atoms with Crippen molar-refractivity contribution in [3.8, 4) is 28.0 Å². The number of hydrogen-bond acceptors (Lipinski definition) is 3. The molecule has 0 saturated carbocycles. The van der Waals surface area contributed by atoms with Gasteiger partial charge in [-0.1, -0.05) is 48.9 Å². The number of nitrogens with zero attached hydrogens (tertiary/aromatic N) is 1. The zero-order chi connectivity index (χ0) is 17.1. The smallest absolute Gasteiger partial charge is 0.131 e. The zero-order valence-corrected chi connectivity index (χ0v) is 14.3. The molecule has 0 unspecified atom stereocenters. The highest BCUT2D eigenvalue weighted by atomic mass is 16.5. The first-order valence-electron chi connectivity index (χ1n) is 8.12. The number of benzene rings is 2. The Labute approximate surface area is 143 Å². The second-order valence-corrected chi connectivity index (χ2v) is 5.86. The molecule has 0 aliphatic heterocycles. The van der Waals surface area contributed by atoms with Gasteiger partial charge in [0.1, 0.15) is 11.6 Å². The van der Waals surface area contributed by atoms with Gasteiger partial charge in [-0.2, -0.15) is 0 Å². The van der Waals surface area contributed by atoms with Crippen LogP contribution in [-0.4, -0.2) is 12.1 Å². The van der Waals surface area contributed by atoms with E-state index in [9.17, 15) is 0 Å². The van der Waals surface area contributed by atoms with E-state index in [0.29, 0.717) is 5.82 Å². The fraction of sp³-hybridized carbons (Fsp3) is 0.190. The molecule has 0 aliphatic carbocycles. The van der Waals surface area contributed by atoms with Gasteiger partial charge < -0.3 is 10.5 Å². The third-order valence-electron chi connectivity index (χ3n) is 4.31. The minimum absolute atomic E-state index is 0.577. The second kappa shape index (κ2) is 6.75. The van der Waals surface area contributed by atoms with Crippen molar-refractivity contribution in [2.45, 2.75) is 20.3 Å². The van der Waals surface area contributed by atoms with Gasteiger partial charge in [-0.3, -0.25) is 0 Å². The summed E-state index contributed by atoms with van der Waals surface area (Å²) in [6.45, 7) is 4.24. The standard InChI is InChI=1S/C21H22N2O/c1-4-18-19(15-9-11-17(24-3)12-10-15)13-23-21(22)20(18)16-7-5-14(2)6-8-16/h5-13H,4H2,1-3H3,(H2,22,23). The van der Waals surface area contributed by atoms with Gasteiger partial charge in [0.15, 0.2) is 0 Å². The Morgan fingerprint density at radius 1 is 0.958 bits per heavy atom. The van der Waals surface area contributed by atoms with Crippen LogP contribution in [0.3, 0.4) is 0 Å². The maximum Gasteiger partial charge on any atom is 0.131 e. The lowest BCUT2D eigenvalue weighted by molar-refractivity contribution is 0.415. The van der Waals surface area contributed by atoms with Crippen molar-refractivity contribution in [2.75, 3.05) is 12.8 Å². The van der Waals surface area contributed by atoms with E-state index in [1.54, 1.807) is 7.11 Å². The van der Waals surface area contributed by atoms with E-state index in [1.165, 1.54) is 11.1 Å². The summed E-state index contributed by atoms with van der Waals surface area (Å²) in [6.07, 6.45) is 2.75. The highest BCUT2D eigenvalue weighted by Gasteiger charge is 2.15. The first kappa shape index (κ1) is 16.1. The molecule has 3 nitrogen and oxygen atoms in total. The molecular formula is C21H22N2O. The Hall–Kier alpha value is -2.81. The van der Waals surface area contributed by atoms with E-state index in [2.05, 4.69) is 55.2 Å². The molecule has 0 radical (unpaired) electrons. The topological polar surface area (TPSA) is 48.1 Å². The minimum Gasteiger partial charge on any atom is -0.497 e. The maximum atomic E-state index is 6.23. The van der Waals surface area contributed by atoms with Crippen LogP contribution in [0.4, 0.5) is 5.82 Å². The molecule has 0 aliphatic rings. The van der Waals surface area contributed by atoms with Gasteiger partial charge in [0.2, 0.25) is 0 Å². The summed E-state index contributed by atoms with van der Waals surface area (Å²) in [5.74, 6) is 1.42. The minimum atomic E-state index is 0.577. The number of hydrogen-bond donors (Lipinski definition) is 1. The molecular weight excluding hydrogens is 296 g/mol. The predicted molar refractivity (Wildman–Crippen MR) is 100 cm³/mol. The number of rotatable bonds is 4. The van der Waals surface area contributed by atoms with Crippen LogP contribution < -0.4 is 10.5 Å². The highest BCUT2D eigenvalue weighted by molar-refractivity contribution is 5.84. The van der Waals surface area contributed by atoms with E-state index < -0.39 is 0 Å². The first-order valence-corrected chi connectivity index (χ1v) is 8.12. The number of anilines is 1. The molecule has 24 heavy (non-hydrogen) atoms. The third-order valence-corrected chi connectivity index (χ3v) is 4.31. The molecule has 3 aromatic rings. The summed E-state index contributed by atoms with van der Waals surface area (Å²) in [6, 6.07) is 16.5. The molecule has 1 heterocycles. The Kier molecular flexibility index (Phi) is 4.52. The van der Waals surface area contributed by atoms with Crippen LogP contribution in [0.1, 0.15) is 18.1 Å². The van der Waals surface area contributed by atoms with E-state index in [1.807, 2.05) is 18.3 Å². The SMILES string of the molecule is CCc1c(-c2ccc(OC)cc2)cnc(N)c1-c1ccc(C)cc1. The van der Waals surface area contributed by atoms with Crippen LogP contribution in [0.2, 0.25) is 0 Å². The number of nitrogen functional groups attached to an aromatic ring is 1. The van der Waals surface area contributed by atoms with Crippen molar-refractivity contribution in [1.29, 1.82) is 0 Å². The molecule has 122 valence electrons. The van der Waals surface area contributed by atoms with Crippen LogP contribution in [0.15, 0.2) is 54.7 Å². The van der Waals surface area contributed by atoms with Crippen molar-refractivity contribution < 1.29 is 4.74 Å². The number of aromatic nitrogens is 1. The average molecular weight is 318 g/mol. The third kappa shape index (κ3) is 2.98. The van der Waals surface area contributed by atoms with Crippen molar-refractivity contribution >= 4 is 5.82 Å². The normalized spacial score (nSPS) is 10.6. The van der Waals surface area contributed by atoms with Gasteiger partial charge in [-0.15, -0.1) is 0 Å². The van der Waals surface area contributed by atoms with E-state index >= 15 is 0 Å². The molecule has 0 bridgehead atoms. The molecule has 3 rings (SSSR count). The van der Waals surface area contributed by atoms with Crippen LogP contribution in [0.5, 0.6) is 5.75 Å². The molecule has 1 aromatic heterocycles. The van der Waals surface area contributed by atoms with Crippen molar-refractivity contribution in [3.05, 3.63) is 65.9 Å². The molecule has 2 N–H and O–H groups in total. The average Bonchev–Trinajstić information content (AvgIpc) is 2.62. The number of ether oxygens (including phenoxy) is 1. The molecule has 0 atom stereocenters. The second-order valence-electron chi connectivity index (χ2n) is 5.86. The Morgan fingerprint density at radius 3 is 2.17 bits per heavy atom. The molecule has 2 aromatic carbocycles. The van der Waals surface area contributed by atoms with Gasteiger partial charge in [-0.05, 0) is 42.2 Å². The van der Waals surface area contributed by atoms with E-state index in [-0.39, 0.29) is 0 Å². The number of pyridine rings is 1. The van der Waals surface area contributed by atoms with Crippen LogP contribution >= 0.6 is 0 Å².